The Morgan fingerprint density at radius 1 is 0.677 bits per heavy atom. The van der Waals surface area contributed by atoms with Crippen LogP contribution in [0.5, 0.6) is 0 Å². The normalized spacial score (nSPS) is 21.9. The molecule has 6 amide bonds. The summed E-state index contributed by atoms with van der Waals surface area (Å²) in [7, 11) is 0. The van der Waals surface area contributed by atoms with Gasteiger partial charge < -0.3 is 43.2 Å². The zero-order chi connectivity index (χ0) is 45.7. The van der Waals surface area contributed by atoms with E-state index >= 15 is 0 Å². The number of unbranched alkanes of at least 4 members (excludes halogenated alkanes) is 1. The van der Waals surface area contributed by atoms with Crippen molar-refractivity contribution in [3.63, 3.8) is 0 Å². The monoisotopic (exact) mass is 871 g/mol. The molecule has 338 valence electrons. The number of halogens is 3. The fourth-order valence-electron chi connectivity index (χ4n) is 6.97. The largest absolute Gasteiger partial charge is 0.490 e. The quantitative estimate of drug-likeness (QED) is 0.121. The fourth-order valence-corrected chi connectivity index (χ4v) is 6.97. The lowest BCUT2D eigenvalue weighted by Crippen LogP contribution is -2.57. The number of ketones is 1. The first-order chi connectivity index (χ1) is 29.5. The van der Waals surface area contributed by atoms with Gasteiger partial charge in [-0.2, -0.15) is 13.2 Å². The maximum Gasteiger partial charge on any atom is 0.490 e. The molecule has 4 atom stereocenters. The van der Waals surface area contributed by atoms with Crippen molar-refractivity contribution in [2.75, 3.05) is 13.1 Å². The second-order valence-corrected chi connectivity index (χ2v) is 15.2. The number of alkyl halides is 3. The zero-order valence-corrected chi connectivity index (χ0v) is 34.3. The van der Waals surface area contributed by atoms with E-state index < -0.39 is 71.8 Å². The van der Waals surface area contributed by atoms with Crippen molar-refractivity contribution in [3.8, 4) is 0 Å². The number of amides is 6. The van der Waals surface area contributed by atoms with E-state index in [-0.39, 0.29) is 37.5 Å². The summed E-state index contributed by atoms with van der Waals surface area (Å²) >= 11 is 0. The van der Waals surface area contributed by atoms with E-state index in [2.05, 4.69) is 26.6 Å². The molecule has 4 rings (SSSR count). The lowest BCUT2D eigenvalue weighted by Gasteiger charge is -2.29. The first-order valence-electron chi connectivity index (χ1n) is 20.6. The first kappa shape index (κ1) is 50.2. The van der Waals surface area contributed by atoms with Crippen LogP contribution in [0.1, 0.15) is 98.5 Å². The number of rotatable bonds is 11. The van der Waals surface area contributed by atoms with Crippen molar-refractivity contribution >= 4 is 47.2 Å². The third-order valence-corrected chi connectivity index (χ3v) is 10.3. The average molecular weight is 872 g/mol. The van der Waals surface area contributed by atoms with Gasteiger partial charge in [-0.15, -0.1) is 0 Å². The minimum Gasteiger partial charge on any atom is -0.475 e. The third kappa shape index (κ3) is 17.9. The molecule has 0 bridgehead atoms. The van der Waals surface area contributed by atoms with Crippen LogP contribution in [0.4, 0.5) is 13.2 Å². The molecule has 62 heavy (non-hydrogen) atoms. The molecule has 2 aromatic carbocycles. The number of aliphatic carboxylic acids is 1. The average Bonchev–Trinajstić information content (AvgIpc) is 3.24. The van der Waals surface area contributed by atoms with Crippen LogP contribution < -0.4 is 38.1 Å². The molecule has 19 heteroatoms. The highest BCUT2D eigenvalue weighted by molar-refractivity contribution is 6.09. The van der Waals surface area contributed by atoms with Gasteiger partial charge in [0.25, 0.3) is 0 Å². The number of carboxylic acid groups (broad SMARTS) is 1. The number of carbonyl (C=O) groups excluding carboxylic acids is 7. The van der Waals surface area contributed by atoms with Crippen molar-refractivity contribution in [1.82, 2.24) is 26.6 Å². The molecule has 1 aliphatic carbocycles. The lowest BCUT2D eigenvalue weighted by molar-refractivity contribution is -0.192. The summed E-state index contributed by atoms with van der Waals surface area (Å²) < 4.78 is 31.7. The minimum absolute atomic E-state index is 0.0986. The summed E-state index contributed by atoms with van der Waals surface area (Å²) in [5.41, 5.74) is 12.9. The van der Waals surface area contributed by atoms with E-state index in [1.54, 1.807) is 48.5 Å². The van der Waals surface area contributed by atoms with Gasteiger partial charge in [0.2, 0.25) is 35.4 Å². The van der Waals surface area contributed by atoms with E-state index in [1.807, 2.05) is 6.07 Å². The van der Waals surface area contributed by atoms with Crippen molar-refractivity contribution in [2.45, 2.75) is 114 Å². The minimum atomic E-state index is -5.08. The summed E-state index contributed by atoms with van der Waals surface area (Å²) in [6, 6.07) is 11.7. The van der Waals surface area contributed by atoms with Gasteiger partial charge in [-0.25, -0.2) is 4.79 Å². The van der Waals surface area contributed by atoms with E-state index in [9.17, 15) is 46.7 Å². The van der Waals surface area contributed by atoms with Crippen molar-refractivity contribution < 1.29 is 56.6 Å². The Labute approximate surface area is 357 Å². The second-order valence-electron chi connectivity index (χ2n) is 15.2. The molecule has 2 aliphatic rings. The van der Waals surface area contributed by atoms with Crippen LogP contribution in [0.15, 0.2) is 66.7 Å². The Morgan fingerprint density at radius 3 is 1.84 bits per heavy atom. The molecule has 1 aliphatic heterocycles. The molecule has 0 radical (unpaired) electrons. The summed E-state index contributed by atoms with van der Waals surface area (Å²) in [6.07, 6.45) is 4.62. The molecule has 0 saturated heterocycles. The molecule has 10 N–H and O–H groups in total. The zero-order valence-electron chi connectivity index (χ0n) is 34.3. The van der Waals surface area contributed by atoms with Crippen molar-refractivity contribution in [2.24, 2.45) is 17.4 Å². The predicted octanol–water partition coefficient (Wildman–Crippen LogP) is 2.47. The number of carbonyl (C=O) groups is 8. The molecule has 0 spiro atoms. The summed E-state index contributed by atoms with van der Waals surface area (Å²) in [5, 5.41) is 20.9. The number of nitrogens with one attached hydrogen (secondary N) is 5. The van der Waals surface area contributed by atoms with E-state index in [0.29, 0.717) is 55.3 Å². The first-order valence-corrected chi connectivity index (χ1v) is 20.6. The number of carboxylic acids is 1. The summed E-state index contributed by atoms with van der Waals surface area (Å²) in [6.45, 7) is 0.591. The van der Waals surface area contributed by atoms with Gasteiger partial charge in [0.15, 0.2) is 5.78 Å². The summed E-state index contributed by atoms with van der Waals surface area (Å²) in [5.74, 6) is -6.47. The molecule has 16 nitrogen and oxygen atoms in total. The highest BCUT2D eigenvalue weighted by Gasteiger charge is 2.38. The van der Waals surface area contributed by atoms with Gasteiger partial charge in [-0.05, 0) is 63.0 Å². The van der Waals surface area contributed by atoms with Gasteiger partial charge in [-0.3, -0.25) is 33.6 Å². The smallest absolute Gasteiger partial charge is 0.475 e. The van der Waals surface area contributed by atoms with Gasteiger partial charge >= 0.3 is 12.1 Å². The van der Waals surface area contributed by atoms with E-state index in [1.165, 1.54) is 0 Å². The van der Waals surface area contributed by atoms with Gasteiger partial charge in [-0.1, -0.05) is 86.7 Å². The number of nitrogens with two attached hydrogens (primary N) is 2. The number of hydrogen-bond acceptors (Lipinski definition) is 9. The van der Waals surface area contributed by atoms with Gasteiger partial charge in [0.1, 0.15) is 24.2 Å². The topological polar surface area (TPSA) is 269 Å². The molecule has 1 fully saturated rings. The standard InChI is InChI=1S/C41H55N7O7.C2HF3O2/c42-23-9-7-16-32-40(54)48-34(25-27-11-3-1-4-12-27)41(55)47-33(26-28-17-19-30(20-18-28)37(51)29-13-5-2-6-14-29)39(53)44-24-10-8-15-31(38(43)52)45-35(49)21-22-36(50)46-32;3-2(4,5)1(6)7/h2,5-6,13-14,17-22,27,31-34H,1,3-4,7-12,15-16,23-26,42H2,(H2,43,52)(H,44,53)(H,45,49)(H,46,50)(H,47,55)(H,48,54);(H,6,7)/b22-21-;/t31-,32-,33+,34-;/m0./s1. The van der Waals surface area contributed by atoms with E-state index in [0.717, 1.165) is 44.3 Å². The summed E-state index contributed by atoms with van der Waals surface area (Å²) in [4.78, 5) is 101. The Balaban J connectivity index is 0.00000134. The second kappa shape index (κ2) is 25.6. The van der Waals surface area contributed by atoms with Crippen LogP contribution in [-0.2, 0) is 40.0 Å². The van der Waals surface area contributed by atoms with Crippen LogP contribution in [0.2, 0.25) is 0 Å². The Bertz CT molecular complexity index is 1870. The third-order valence-electron chi connectivity index (χ3n) is 10.3. The fraction of sp³-hybridized carbons (Fsp3) is 0.488. The number of primary amides is 1. The van der Waals surface area contributed by atoms with E-state index in [4.69, 9.17) is 21.4 Å². The van der Waals surface area contributed by atoms with Crippen LogP contribution in [0.3, 0.4) is 0 Å². The molecular formula is C43H56F3N7O9. The SMILES string of the molecule is NCCCC[C@@H]1NC(=O)/C=C\C(=O)N[C@H](C(N)=O)CCCCNC(=O)[C@@H](Cc2ccc(C(=O)c3ccccc3)cc2)NC(=O)[C@H](CC2CCCCC2)NC1=O.O=C(O)C(F)(F)F. The van der Waals surface area contributed by atoms with Crippen LogP contribution in [0, 0.1) is 5.92 Å². The molecule has 0 aromatic heterocycles. The maximum atomic E-state index is 14.2. The molecular weight excluding hydrogens is 816 g/mol. The van der Waals surface area contributed by atoms with Crippen LogP contribution in [-0.4, -0.2) is 95.7 Å². The van der Waals surface area contributed by atoms with Crippen LogP contribution in [0.25, 0.3) is 0 Å². The molecule has 1 saturated carbocycles. The molecule has 2 aromatic rings. The van der Waals surface area contributed by atoms with Gasteiger partial charge in [0, 0.05) is 36.2 Å². The van der Waals surface area contributed by atoms with Crippen LogP contribution >= 0.6 is 0 Å². The van der Waals surface area contributed by atoms with Crippen molar-refractivity contribution in [3.05, 3.63) is 83.4 Å². The molecule has 1 heterocycles. The molecule has 0 unspecified atom stereocenters. The Kier molecular flexibility index (Phi) is 20.8. The van der Waals surface area contributed by atoms with Crippen molar-refractivity contribution in [1.29, 1.82) is 0 Å². The predicted molar refractivity (Wildman–Crippen MR) is 221 cm³/mol. The Morgan fingerprint density at radius 2 is 1.24 bits per heavy atom. The highest BCUT2D eigenvalue weighted by Crippen LogP contribution is 2.27. The number of benzene rings is 2. The lowest BCUT2D eigenvalue weighted by atomic mass is 9.84. The number of hydrogen-bond donors (Lipinski definition) is 8. The highest BCUT2D eigenvalue weighted by atomic mass is 19.4. The Hall–Kier alpha value is -6.11. The van der Waals surface area contributed by atoms with Gasteiger partial charge in [0.05, 0.1) is 0 Å². The maximum absolute atomic E-state index is 14.2.